The molecule has 1 aromatic rings. The molecule has 14 heavy (non-hydrogen) atoms. The van der Waals surface area contributed by atoms with Gasteiger partial charge < -0.3 is 10.8 Å². The van der Waals surface area contributed by atoms with Crippen LogP contribution in [0.15, 0.2) is 24.3 Å². The van der Waals surface area contributed by atoms with Crippen molar-refractivity contribution < 1.29 is 5.11 Å². The first kappa shape index (κ1) is 11.1. The van der Waals surface area contributed by atoms with Crippen LogP contribution in [0.3, 0.4) is 0 Å². The van der Waals surface area contributed by atoms with Gasteiger partial charge in [0.15, 0.2) is 0 Å². The quantitative estimate of drug-likeness (QED) is 0.755. The van der Waals surface area contributed by atoms with Crippen molar-refractivity contribution in [3.63, 3.8) is 0 Å². The van der Waals surface area contributed by atoms with Gasteiger partial charge in [0.1, 0.15) is 5.75 Å². The zero-order valence-corrected chi connectivity index (χ0v) is 8.74. The molecule has 0 aliphatic heterocycles. The highest BCUT2D eigenvalue weighted by Gasteiger charge is 2.08. The summed E-state index contributed by atoms with van der Waals surface area (Å²) in [4.78, 5) is 0. The number of hydrogen-bond acceptors (Lipinski definition) is 2. The van der Waals surface area contributed by atoms with Crippen LogP contribution in [0.25, 0.3) is 0 Å². The van der Waals surface area contributed by atoms with Gasteiger partial charge in [0.2, 0.25) is 0 Å². The predicted octanol–water partition coefficient (Wildman–Crippen LogP) is 2.62. The van der Waals surface area contributed by atoms with Crippen molar-refractivity contribution in [3.05, 3.63) is 29.8 Å². The minimum Gasteiger partial charge on any atom is -0.508 e. The lowest BCUT2D eigenvalue weighted by Crippen LogP contribution is -2.12. The van der Waals surface area contributed by atoms with Crippen molar-refractivity contribution >= 4 is 0 Å². The molecule has 0 amide bonds. The van der Waals surface area contributed by atoms with E-state index < -0.39 is 0 Å². The van der Waals surface area contributed by atoms with E-state index in [4.69, 9.17) is 10.8 Å². The molecule has 0 aromatic heterocycles. The average Bonchev–Trinajstić information content (AvgIpc) is 2.21. The molecule has 2 heteroatoms. The van der Waals surface area contributed by atoms with E-state index >= 15 is 0 Å². The van der Waals surface area contributed by atoms with E-state index in [0.717, 1.165) is 6.42 Å². The lowest BCUT2D eigenvalue weighted by Gasteiger charge is -2.14. The van der Waals surface area contributed by atoms with Gasteiger partial charge in [-0.1, -0.05) is 31.9 Å². The van der Waals surface area contributed by atoms with Gasteiger partial charge in [0.25, 0.3) is 0 Å². The smallest absolute Gasteiger partial charge is 0.115 e. The Labute approximate surface area is 85.8 Å². The van der Waals surface area contributed by atoms with Crippen LogP contribution >= 0.6 is 0 Å². The number of phenolic OH excluding ortho intramolecular Hbond substituents is 1. The number of aromatic hydroxyl groups is 1. The number of rotatable bonds is 5. The van der Waals surface area contributed by atoms with Crippen LogP contribution in [0.4, 0.5) is 0 Å². The standard InChI is InChI=1S/C12H19NO/c1-2-3-4-11(9-13)10-5-7-12(14)8-6-10/h5-8,11,14H,2-4,9,13H2,1H3. The molecule has 0 aliphatic rings. The van der Waals surface area contributed by atoms with Gasteiger partial charge in [-0.3, -0.25) is 0 Å². The minimum atomic E-state index is 0.319. The van der Waals surface area contributed by atoms with Gasteiger partial charge in [-0.2, -0.15) is 0 Å². The summed E-state index contributed by atoms with van der Waals surface area (Å²) in [7, 11) is 0. The third kappa shape index (κ3) is 3.04. The van der Waals surface area contributed by atoms with Crippen molar-refractivity contribution in [2.45, 2.75) is 32.1 Å². The van der Waals surface area contributed by atoms with Crippen molar-refractivity contribution in [1.29, 1.82) is 0 Å². The van der Waals surface area contributed by atoms with Gasteiger partial charge in [0.05, 0.1) is 0 Å². The molecule has 0 spiro atoms. The summed E-state index contributed by atoms with van der Waals surface area (Å²) in [6, 6.07) is 7.37. The lowest BCUT2D eigenvalue weighted by molar-refractivity contribution is 0.474. The molecular weight excluding hydrogens is 174 g/mol. The SMILES string of the molecule is CCCCC(CN)c1ccc(O)cc1. The third-order valence-electron chi connectivity index (χ3n) is 2.56. The molecule has 0 saturated carbocycles. The first-order valence-electron chi connectivity index (χ1n) is 5.27. The summed E-state index contributed by atoms with van der Waals surface area (Å²) in [5.74, 6) is 0.760. The topological polar surface area (TPSA) is 46.2 Å². The van der Waals surface area contributed by atoms with Crippen molar-refractivity contribution in [2.24, 2.45) is 5.73 Å². The third-order valence-corrected chi connectivity index (χ3v) is 2.56. The monoisotopic (exact) mass is 193 g/mol. The first-order valence-corrected chi connectivity index (χ1v) is 5.27. The fraction of sp³-hybridized carbons (Fsp3) is 0.500. The highest BCUT2D eigenvalue weighted by molar-refractivity contribution is 5.28. The molecule has 2 nitrogen and oxygen atoms in total. The minimum absolute atomic E-state index is 0.319. The van der Waals surface area contributed by atoms with Crippen LogP contribution in [0.1, 0.15) is 37.7 Å². The Balaban J connectivity index is 2.64. The molecule has 1 rings (SSSR count). The van der Waals surface area contributed by atoms with E-state index in [2.05, 4.69) is 6.92 Å². The normalized spacial score (nSPS) is 12.7. The number of benzene rings is 1. The largest absolute Gasteiger partial charge is 0.508 e. The fourth-order valence-corrected chi connectivity index (χ4v) is 1.62. The predicted molar refractivity (Wildman–Crippen MR) is 59.4 cm³/mol. The van der Waals surface area contributed by atoms with Crippen molar-refractivity contribution in [3.8, 4) is 5.75 Å². The molecule has 0 aliphatic carbocycles. The molecule has 0 saturated heterocycles. The van der Waals surface area contributed by atoms with E-state index in [-0.39, 0.29) is 0 Å². The molecule has 3 N–H and O–H groups in total. The molecule has 0 bridgehead atoms. The van der Waals surface area contributed by atoms with Gasteiger partial charge in [-0.25, -0.2) is 0 Å². The van der Waals surface area contributed by atoms with Crippen LogP contribution in [0.5, 0.6) is 5.75 Å². The summed E-state index contributed by atoms with van der Waals surface area (Å²) in [5.41, 5.74) is 6.96. The van der Waals surface area contributed by atoms with E-state index in [0.29, 0.717) is 18.2 Å². The average molecular weight is 193 g/mol. The second-order valence-corrected chi connectivity index (χ2v) is 3.67. The first-order chi connectivity index (χ1) is 6.77. The number of hydrogen-bond donors (Lipinski definition) is 2. The maximum atomic E-state index is 9.16. The maximum absolute atomic E-state index is 9.16. The summed E-state index contributed by atoms with van der Waals surface area (Å²) in [6.07, 6.45) is 3.55. The summed E-state index contributed by atoms with van der Waals surface area (Å²) < 4.78 is 0. The summed E-state index contributed by atoms with van der Waals surface area (Å²) in [6.45, 7) is 2.87. The van der Waals surface area contributed by atoms with Gasteiger partial charge in [-0.05, 0) is 36.6 Å². The van der Waals surface area contributed by atoms with Crippen LogP contribution < -0.4 is 5.73 Å². The number of phenols is 1. The molecule has 0 radical (unpaired) electrons. The zero-order chi connectivity index (χ0) is 10.4. The van der Waals surface area contributed by atoms with Crippen LogP contribution in [-0.2, 0) is 0 Å². The van der Waals surface area contributed by atoms with Crippen LogP contribution in [0.2, 0.25) is 0 Å². The highest BCUT2D eigenvalue weighted by atomic mass is 16.3. The van der Waals surface area contributed by atoms with E-state index in [1.54, 1.807) is 12.1 Å². The van der Waals surface area contributed by atoms with E-state index in [1.165, 1.54) is 18.4 Å². The van der Waals surface area contributed by atoms with Gasteiger partial charge in [-0.15, -0.1) is 0 Å². The molecule has 1 unspecified atom stereocenters. The van der Waals surface area contributed by atoms with Crippen LogP contribution in [0, 0.1) is 0 Å². The molecule has 1 aromatic carbocycles. The zero-order valence-electron chi connectivity index (χ0n) is 8.74. The highest BCUT2D eigenvalue weighted by Crippen LogP contribution is 2.22. The molecule has 78 valence electrons. The second-order valence-electron chi connectivity index (χ2n) is 3.67. The lowest BCUT2D eigenvalue weighted by atomic mass is 9.94. The molecule has 1 atom stereocenters. The number of nitrogens with two attached hydrogens (primary N) is 1. The van der Waals surface area contributed by atoms with Crippen molar-refractivity contribution in [2.75, 3.05) is 6.54 Å². The maximum Gasteiger partial charge on any atom is 0.115 e. The second kappa shape index (κ2) is 5.66. The van der Waals surface area contributed by atoms with E-state index in [9.17, 15) is 0 Å². The summed E-state index contributed by atoms with van der Waals surface area (Å²) >= 11 is 0. The van der Waals surface area contributed by atoms with E-state index in [1.807, 2.05) is 12.1 Å². The Morgan fingerprint density at radius 1 is 1.29 bits per heavy atom. The Hall–Kier alpha value is -1.02. The Morgan fingerprint density at radius 3 is 2.43 bits per heavy atom. The van der Waals surface area contributed by atoms with Crippen molar-refractivity contribution in [1.82, 2.24) is 0 Å². The Kier molecular flexibility index (Phi) is 4.47. The Bertz CT molecular complexity index is 256. The molecular formula is C12H19NO. The van der Waals surface area contributed by atoms with Crippen LogP contribution in [-0.4, -0.2) is 11.7 Å². The summed E-state index contributed by atoms with van der Waals surface area (Å²) in [5, 5.41) is 9.16. The van der Waals surface area contributed by atoms with Gasteiger partial charge in [0, 0.05) is 0 Å². The van der Waals surface area contributed by atoms with Gasteiger partial charge >= 0.3 is 0 Å². The molecule has 0 fully saturated rings. The molecule has 0 heterocycles. The Morgan fingerprint density at radius 2 is 1.93 bits per heavy atom. The fourth-order valence-electron chi connectivity index (χ4n) is 1.62. The number of unbranched alkanes of at least 4 members (excludes halogenated alkanes) is 1.